The normalized spacial score (nSPS) is 10.4. The van der Waals surface area contributed by atoms with Gasteiger partial charge in [0.05, 0.1) is 7.11 Å². The third-order valence-electron chi connectivity index (χ3n) is 2.58. The van der Waals surface area contributed by atoms with Gasteiger partial charge in [-0.1, -0.05) is 0 Å². The molecule has 0 fully saturated rings. The number of carbonyl (C=O) groups excluding carboxylic acids is 1. The SMILES string of the molecule is CNCCc1c(C)cc(C(=O)OC)n1C. The van der Waals surface area contributed by atoms with Crippen LogP contribution in [0.3, 0.4) is 0 Å². The van der Waals surface area contributed by atoms with E-state index in [1.165, 1.54) is 12.8 Å². The van der Waals surface area contributed by atoms with Gasteiger partial charge >= 0.3 is 5.97 Å². The molecule has 0 saturated heterocycles. The van der Waals surface area contributed by atoms with E-state index in [2.05, 4.69) is 5.32 Å². The van der Waals surface area contributed by atoms with Crippen molar-refractivity contribution < 1.29 is 9.53 Å². The summed E-state index contributed by atoms with van der Waals surface area (Å²) in [7, 11) is 5.21. The summed E-state index contributed by atoms with van der Waals surface area (Å²) in [5.74, 6) is -0.281. The molecular weight excluding hydrogens is 192 g/mol. The van der Waals surface area contributed by atoms with Crippen molar-refractivity contribution in [3.63, 3.8) is 0 Å². The summed E-state index contributed by atoms with van der Waals surface area (Å²) in [6, 6.07) is 1.87. The minimum absolute atomic E-state index is 0.281. The zero-order chi connectivity index (χ0) is 11.4. The molecule has 0 bridgehead atoms. The maximum atomic E-state index is 11.4. The summed E-state index contributed by atoms with van der Waals surface area (Å²) in [6.07, 6.45) is 0.913. The van der Waals surface area contributed by atoms with Gasteiger partial charge in [-0.2, -0.15) is 0 Å². The van der Waals surface area contributed by atoms with Crippen LogP contribution in [0.15, 0.2) is 6.07 Å². The third-order valence-corrected chi connectivity index (χ3v) is 2.58. The summed E-state index contributed by atoms with van der Waals surface area (Å²) in [5, 5.41) is 3.09. The topological polar surface area (TPSA) is 43.3 Å². The van der Waals surface area contributed by atoms with Gasteiger partial charge in [0.15, 0.2) is 0 Å². The van der Waals surface area contributed by atoms with Gasteiger partial charge in [0, 0.05) is 25.7 Å². The summed E-state index contributed by atoms with van der Waals surface area (Å²) < 4.78 is 6.62. The second kappa shape index (κ2) is 4.98. The minimum atomic E-state index is -0.281. The first-order valence-electron chi connectivity index (χ1n) is 5.00. The largest absolute Gasteiger partial charge is 0.464 e. The quantitative estimate of drug-likeness (QED) is 0.750. The number of likely N-dealkylation sites (N-methyl/N-ethyl adjacent to an activating group) is 1. The number of esters is 1. The van der Waals surface area contributed by atoms with E-state index in [-0.39, 0.29) is 5.97 Å². The van der Waals surface area contributed by atoms with Crippen molar-refractivity contribution in [3.8, 4) is 0 Å². The Bertz CT molecular complexity index is 356. The molecule has 1 aromatic rings. The Labute approximate surface area is 90.2 Å². The highest BCUT2D eigenvalue weighted by molar-refractivity contribution is 5.88. The van der Waals surface area contributed by atoms with Gasteiger partial charge in [-0.05, 0) is 25.6 Å². The summed E-state index contributed by atoms with van der Waals surface area (Å²) in [5.41, 5.74) is 2.92. The van der Waals surface area contributed by atoms with Crippen molar-refractivity contribution in [1.82, 2.24) is 9.88 Å². The van der Waals surface area contributed by atoms with Crippen LogP contribution in [-0.4, -0.2) is 31.2 Å². The molecule has 0 aliphatic carbocycles. The Balaban J connectivity index is 2.98. The lowest BCUT2D eigenvalue weighted by Crippen LogP contribution is -2.15. The Morgan fingerprint density at radius 1 is 1.60 bits per heavy atom. The molecule has 1 rings (SSSR count). The number of hydrogen-bond donors (Lipinski definition) is 1. The molecule has 0 radical (unpaired) electrons. The second-order valence-electron chi connectivity index (χ2n) is 3.56. The first kappa shape index (κ1) is 11.8. The first-order valence-corrected chi connectivity index (χ1v) is 5.00. The number of nitrogens with one attached hydrogen (secondary N) is 1. The van der Waals surface area contributed by atoms with Crippen LogP contribution in [0.2, 0.25) is 0 Å². The van der Waals surface area contributed by atoms with Crippen molar-refractivity contribution in [1.29, 1.82) is 0 Å². The van der Waals surface area contributed by atoms with Gasteiger partial charge in [0.2, 0.25) is 0 Å². The number of nitrogens with zero attached hydrogens (tertiary/aromatic N) is 1. The molecule has 0 aromatic carbocycles. The van der Waals surface area contributed by atoms with Crippen molar-refractivity contribution in [2.45, 2.75) is 13.3 Å². The van der Waals surface area contributed by atoms with Crippen LogP contribution >= 0.6 is 0 Å². The molecule has 0 unspecified atom stereocenters. The number of hydrogen-bond acceptors (Lipinski definition) is 3. The highest BCUT2D eigenvalue weighted by Crippen LogP contribution is 2.15. The van der Waals surface area contributed by atoms with Gasteiger partial charge in [0.25, 0.3) is 0 Å². The number of aromatic nitrogens is 1. The lowest BCUT2D eigenvalue weighted by molar-refractivity contribution is 0.0589. The van der Waals surface area contributed by atoms with Crippen molar-refractivity contribution >= 4 is 5.97 Å². The molecule has 1 heterocycles. The van der Waals surface area contributed by atoms with Crippen molar-refractivity contribution in [2.24, 2.45) is 7.05 Å². The van der Waals surface area contributed by atoms with Crippen LogP contribution in [0.25, 0.3) is 0 Å². The van der Waals surface area contributed by atoms with Crippen LogP contribution < -0.4 is 5.32 Å². The molecule has 1 aromatic heterocycles. The maximum absolute atomic E-state index is 11.4. The van der Waals surface area contributed by atoms with E-state index >= 15 is 0 Å². The molecule has 84 valence electrons. The van der Waals surface area contributed by atoms with E-state index in [9.17, 15) is 4.79 Å². The zero-order valence-corrected chi connectivity index (χ0v) is 9.76. The van der Waals surface area contributed by atoms with Gasteiger partial charge in [-0.15, -0.1) is 0 Å². The molecule has 0 saturated carbocycles. The summed E-state index contributed by atoms with van der Waals surface area (Å²) in [6.45, 7) is 2.91. The number of ether oxygens (including phenoxy) is 1. The van der Waals surface area contributed by atoms with Gasteiger partial charge in [0.1, 0.15) is 5.69 Å². The van der Waals surface area contributed by atoms with E-state index in [1.54, 1.807) is 0 Å². The molecule has 4 heteroatoms. The number of carbonyl (C=O) groups is 1. The first-order chi connectivity index (χ1) is 7.11. The van der Waals surface area contributed by atoms with Crippen LogP contribution in [0, 0.1) is 6.92 Å². The highest BCUT2D eigenvalue weighted by atomic mass is 16.5. The smallest absolute Gasteiger partial charge is 0.354 e. The van der Waals surface area contributed by atoms with Crippen LogP contribution in [0.5, 0.6) is 0 Å². The van der Waals surface area contributed by atoms with Gasteiger partial charge in [-0.3, -0.25) is 0 Å². The Hall–Kier alpha value is -1.29. The van der Waals surface area contributed by atoms with Crippen LogP contribution in [0.4, 0.5) is 0 Å². The average molecular weight is 210 g/mol. The zero-order valence-electron chi connectivity index (χ0n) is 9.76. The summed E-state index contributed by atoms with van der Waals surface area (Å²) in [4.78, 5) is 11.4. The van der Waals surface area contributed by atoms with E-state index < -0.39 is 0 Å². The van der Waals surface area contributed by atoms with Crippen LogP contribution in [0.1, 0.15) is 21.7 Å². The monoisotopic (exact) mass is 210 g/mol. The molecular formula is C11H18N2O2. The van der Waals surface area contributed by atoms with E-state index in [0.29, 0.717) is 5.69 Å². The molecule has 0 aliphatic heterocycles. The molecule has 4 nitrogen and oxygen atoms in total. The number of aryl methyl sites for hydroxylation is 1. The Kier molecular flexibility index (Phi) is 3.91. The third kappa shape index (κ3) is 2.39. The molecule has 0 amide bonds. The van der Waals surface area contributed by atoms with E-state index in [1.807, 2.05) is 31.7 Å². The fourth-order valence-corrected chi connectivity index (χ4v) is 1.70. The lowest BCUT2D eigenvalue weighted by Gasteiger charge is -2.06. The molecule has 15 heavy (non-hydrogen) atoms. The predicted octanol–water partition coefficient (Wildman–Crippen LogP) is 0.882. The summed E-state index contributed by atoms with van der Waals surface area (Å²) >= 11 is 0. The molecule has 1 N–H and O–H groups in total. The minimum Gasteiger partial charge on any atom is -0.464 e. The van der Waals surface area contributed by atoms with Crippen molar-refractivity contribution in [3.05, 3.63) is 23.0 Å². The van der Waals surface area contributed by atoms with Crippen LogP contribution in [-0.2, 0) is 18.2 Å². The fraction of sp³-hybridized carbons (Fsp3) is 0.545. The van der Waals surface area contributed by atoms with Crippen molar-refractivity contribution in [2.75, 3.05) is 20.7 Å². The van der Waals surface area contributed by atoms with E-state index in [4.69, 9.17) is 4.74 Å². The molecule has 0 spiro atoms. The second-order valence-corrected chi connectivity index (χ2v) is 3.56. The Morgan fingerprint density at radius 2 is 2.27 bits per heavy atom. The lowest BCUT2D eigenvalue weighted by atomic mass is 10.2. The van der Waals surface area contributed by atoms with E-state index in [0.717, 1.165) is 18.5 Å². The average Bonchev–Trinajstić information content (AvgIpc) is 2.51. The van der Waals surface area contributed by atoms with Gasteiger partial charge in [-0.25, -0.2) is 4.79 Å². The molecule has 0 aliphatic rings. The standard InChI is InChI=1S/C11H18N2O2/c1-8-7-10(11(14)15-4)13(3)9(8)5-6-12-2/h7,12H,5-6H2,1-4H3. The number of rotatable bonds is 4. The fourth-order valence-electron chi connectivity index (χ4n) is 1.70. The maximum Gasteiger partial charge on any atom is 0.354 e. The predicted molar refractivity (Wildman–Crippen MR) is 59.1 cm³/mol. The molecule has 0 atom stereocenters. The highest BCUT2D eigenvalue weighted by Gasteiger charge is 2.15. The Morgan fingerprint density at radius 3 is 2.80 bits per heavy atom. The number of methoxy groups -OCH3 is 1. The van der Waals surface area contributed by atoms with Gasteiger partial charge < -0.3 is 14.6 Å².